The molecule has 8 nitrogen and oxygen atoms in total. The summed E-state index contributed by atoms with van der Waals surface area (Å²) in [5.74, 6) is 1.57. The van der Waals surface area contributed by atoms with Gasteiger partial charge in [-0.25, -0.2) is 4.98 Å². The molecule has 0 atom stereocenters. The average molecular weight is 452 g/mol. The predicted molar refractivity (Wildman–Crippen MR) is 134 cm³/mol. The number of aliphatic hydroxyl groups is 1. The molecule has 0 saturated carbocycles. The highest BCUT2D eigenvalue weighted by Gasteiger charge is 2.10. The molecule has 0 amide bonds. The van der Waals surface area contributed by atoms with Crippen LogP contribution in [0.15, 0.2) is 35.2 Å². The van der Waals surface area contributed by atoms with Gasteiger partial charge in [0.05, 0.1) is 13.2 Å². The molecule has 0 unspecified atom stereocenters. The first-order chi connectivity index (χ1) is 15.5. The Morgan fingerprint density at radius 1 is 1.19 bits per heavy atom. The molecule has 0 bridgehead atoms. The topological polar surface area (TPSA) is 127 Å². The average Bonchev–Trinajstić information content (AvgIpc) is 2.82. The van der Waals surface area contributed by atoms with E-state index in [-0.39, 0.29) is 6.61 Å². The molecule has 8 heteroatoms. The summed E-state index contributed by atoms with van der Waals surface area (Å²) in [5.41, 5.74) is 12.9. The number of pyridine rings is 1. The van der Waals surface area contributed by atoms with E-state index in [4.69, 9.17) is 21.3 Å². The van der Waals surface area contributed by atoms with Gasteiger partial charge in [0, 0.05) is 44.5 Å². The summed E-state index contributed by atoms with van der Waals surface area (Å²) in [4.78, 5) is 20.9. The number of amidine groups is 1. The Morgan fingerprint density at radius 2 is 1.78 bits per heavy atom. The van der Waals surface area contributed by atoms with Gasteiger partial charge in [-0.2, -0.15) is 0 Å². The summed E-state index contributed by atoms with van der Waals surface area (Å²) in [6.45, 7) is 12.9. The Morgan fingerprint density at radius 3 is 2.28 bits per heavy atom. The van der Waals surface area contributed by atoms with Gasteiger partial charge in [-0.1, -0.05) is 40.2 Å². The molecule has 1 aromatic heterocycles. The number of aliphatic hydroxyl groups excluding tert-OH is 1. The van der Waals surface area contributed by atoms with Crippen molar-refractivity contribution in [2.45, 2.75) is 73.3 Å². The summed E-state index contributed by atoms with van der Waals surface area (Å²) in [6.07, 6.45) is 9.41. The normalized spacial score (nSPS) is 13.4. The van der Waals surface area contributed by atoms with Crippen molar-refractivity contribution in [2.75, 3.05) is 26.3 Å². The number of hydrogen-bond acceptors (Lipinski definition) is 7. The maximum absolute atomic E-state index is 10.2. The van der Waals surface area contributed by atoms with Crippen LogP contribution in [0.5, 0.6) is 5.88 Å². The number of aliphatic imine (C=N–C) groups is 1. The number of aldehydes is 1. The second-order valence-electron chi connectivity index (χ2n) is 6.69. The molecule has 1 saturated heterocycles. The molecule has 1 aliphatic rings. The van der Waals surface area contributed by atoms with Gasteiger partial charge in [0.15, 0.2) is 0 Å². The molecule has 32 heavy (non-hydrogen) atoms. The standard InChI is InChI=1S/C17H25N5O2.C3H8.C2H6O.C2H6/c18-15(11-16(19)22-7-2-1-3-8-22)20-12-14-5-6-17(21-13-14)24-10-4-9-23;1-3-2;1-2-3;1-2/h5-6,9,11,13H,1-4,7-8,10,12,19H2,(H2,18,20);3H2,1-2H3;3H,2H2,1H3;1-2H3/b16-11+;;;. The Balaban J connectivity index is 0. The molecule has 1 fully saturated rings. The van der Waals surface area contributed by atoms with Crippen LogP contribution in [0, 0.1) is 0 Å². The number of carbonyl (C=O) groups is 1. The first-order valence-electron chi connectivity index (χ1n) is 11.7. The lowest BCUT2D eigenvalue weighted by molar-refractivity contribution is -0.108. The van der Waals surface area contributed by atoms with Crippen LogP contribution >= 0.6 is 0 Å². The number of piperidine rings is 1. The van der Waals surface area contributed by atoms with Crippen molar-refractivity contribution in [3.05, 3.63) is 35.8 Å². The first kappa shape index (κ1) is 31.6. The van der Waals surface area contributed by atoms with E-state index in [1.54, 1.807) is 25.3 Å². The van der Waals surface area contributed by atoms with E-state index in [9.17, 15) is 4.79 Å². The van der Waals surface area contributed by atoms with Gasteiger partial charge in [-0.05, 0) is 31.7 Å². The van der Waals surface area contributed by atoms with Gasteiger partial charge in [-0.3, -0.25) is 4.99 Å². The fraction of sp³-hybridized carbons (Fsp3) is 0.625. The first-order valence-corrected chi connectivity index (χ1v) is 11.7. The number of rotatable bonds is 8. The van der Waals surface area contributed by atoms with Crippen molar-refractivity contribution in [3.8, 4) is 5.88 Å². The van der Waals surface area contributed by atoms with Gasteiger partial charge in [0.1, 0.15) is 17.9 Å². The smallest absolute Gasteiger partial charge is 0.213 e. The van der Waals surface area contributed by atoms with Crippen molar-refractivity contribution < 1.29 is 14.6 Å². The number of hydrogen-bond donors (Lipinski definition) is 3. The van der Waals surface area contributed by atoms with Crippen LogP contribution in [0.3, 0.4) is 0 Å². The maximum Gasteiger partial charge on any atom is 0.213 e. The zero-order chi connectivity index (χ0) is 24.6. The molecule has 1 aromatic rings. The molecular formula is C24H45N5O3. The largest absolute Gasteiger partial charge is 0.477 e. The molecule has 0 aliphatic carbocycles. The Hall–Kier alpha value is -2.61. The molecule has 0 aromatic carbocycles. The number of aromatic nitrogens is 1. The minimum absolute atomic E-state index is 0.250. The second kappa shape index (κ2) is 23.1. The number of ether oxygens (including phenoxy) is 1. The van der Waals surface area contributed by atoms with Gasteiger partial charge in [0.25, 0.3) is 0 Å². The quantitative estimate of drug-likeness (QED) is 0.238. The van der Waals surface area contributed by atoms with E-state index in [1.807, 2.05) is 19.9 Å². The third-order valence-corrected chi connectivity index (χ3v) is 3.74. The monoisotopic (exact) mass is 451 g/mol. The number of likely N-dealkylation sites (tertiary alicyclic amines) is 1. The van der Waals surface area contributed by atoms with E-state index in [0.717, 1.165) is 24.9 Å². The van der Waals surface area contributed by atoms with Crippen LogP contribution < -0.4 is 16.2 Å². The summed E-state index contributed by atoms with van der Waals surface area (Å²) in [6, 6.07) is 3.63. The molecule has 0 spiro atoms. The molecule has 184 valence electrons. The van der Waals surface area contributed by atoms with Gasteiger partial charge >= 0.3 is 0 Å². The molecule has 1 aliphatic heterocycles. The van der Waals surface area contributed by atoms with Crippen LogP contribution in [-0.4, -0.2) is 53.4 Å². The SMILES string of the molecule is CC.CCC.CCO.NC(/C=C(\N)N1CCCCC1)=NCc1ccc(OCCC=O)nc1. The van der Waals surface area contributed by atoms with Gasteiger partial charge in [0.2, 0.25) is 5.88 Å². The molecule has 2 heterocycles. The lowest BCUT2D eigenvalue weighted by Gasteiger charge is -2.28. The highest BCUT2D eigenvalue weighted by Crippen LogP contribution is 2.12. The van der Waals surface area contributed by atoms with Gasteiger partial charge < -0.3 is 31.0 Å². The van der Waals surface area contributed by atoms with E-state index in [2.05, 4.69) is 28.7 Å². The Bertz CT molecular complexity index is 611. The van der Waals surface area contributed by atoms with E-state index in [0.29, 0.717) is 37.1 Å². The second-order valence-corrected chi connectivity index (χ2v) is 6.69. The highest BCUT2D eigenvalue weighted by molar-refractivity contribution is 5.91. The van der Waals surface area contributed by atoms with Crippen molar-refractivity contribution in [1.29, 1.82) is 0 Å². The summed E-state index contributed by atoms with van der Waals surface area (Å²) in [7, 11) is 0. The lowest BCUT2D eigenvalue weighted by atomic mass is 10.1. The van der Waals surface area contributed by atoms with E-state index >= 15 is 0 Å². The zero-order valence-corrected chi connectivity index (χ0v) is 20.7. The molecule has 5 N–H and O–H groups in total. The fourth-order valence-corrected chi connectivity index (χ4v) is 2.42. The summed E-state index contributed by atoms with van der Waals surface area (Å²) >= 11 is 0. The van der Waals surface area contributed by atoms with E-state index in [1.165, 1.54) is 25.7 Å². The number of nitrogens with zero attached hydrogens (tertiary/aromatic N) is 3. The van der Waals surface area contributed by atoms with Crippen molar-refractivity contribution in [2.24, 2.45) is 16.5 Å². The predicted octanol–water partition coefficient (Wildman–Crippen LogP) is 3.63. The van der Waals surface area contributed by atoms with Gasteiger partial charge in [-0.15, -0.1) is 0 Å². The van der Waals surface area contributed by atoms with Crippen molar-refractivity contribution >= 4 is 12.1 Å². The van der Waals surface area contributed by atoms with E-state index < -0.39 is 0 Å². The number of carbonyl (C=O) groups excluding carboxylic acids is 1. The molecular weight excluding hydrogens is 406 g/mol. The molecule has 0 radical (unpaired) electrons. The summed E-state index contributed by atoms with van der Waals surface area (Å²) < 4.78 is 5.31. The van der Waals surface area contributed by atoms with Crippen LogP contribution in [0.25, 0.3) is 0 Å². The fourth-order valence-electron chi connectivity index (χ4n) is 2.42. The highest BCUT2D eigenvalue weighted by atomic mass is 16.5. The number of nitrogens with two attached hydrogens (primary N) is 2. The maximum atomic E-state index is 10.2. The van der Waals surface area contributed by atoms with Crippen LogP contribution in [0.1, 0.15) is 72.3 Å². The Labute approximate surface area is 194 Å². The minimum Gasteiger partial charge on any atom is -0.477 e. The van der Waals surface area contributed by atoms with Crippen LogP contribution in [0.2, 0.25) is 0 Å². The van der Waals surface area contributed by atoms with Crippen LogP contribution in [-0.2, 0) is 11.3 Å². The summed E-state index contributed by atoms with van der Waals surface area (Å²) in [5, 5.41) is 7.57. The zero-order valence-electron chi connectivity index (χ0n) is 20.7. The lowest BCUT2D eigenvalue weighted by Crippen LogP contribution is -2.33. The molecule has 2 rings (SSSR count). The minimum atomic E-state index is 0.250. The van der Waals surface area contributed by atoms with Crippen molar-refractivity contribution in [3.63, 3.8) is 0 Å². The Kier molecular flexibility index (Phi) is 22.8. The third kappa shape index (κ3) is 17.1. The van der Waals surface area contributed by atoms with Crippen molar-refractivity contribution in [1.82, 2.24) is 9.88 Å². The van der Waals surface area contributed by atoms with Crippen LogP contribution in [0.4, 0.5) is 0 Å². The third-order valence-electron chi connectivity index (χ3n) is 3.74.